The molecule has 0 saturated heterocycles. The average Bonchev–Trinajstić information content (AvgIpc) is 3.03. The van der Waals surface area contributed by atoms with E-state index in [0.29, 0.717) is 24.4 Å². The maximum atomic E-state index is 12.2. The number of carbonyl (C=O) groups is 2. The van der Waals surface area contributed by atoms with Gasteiger partial charge in [-0.3, -0.25) is 9.59 Å². The van der Waals surface area contributed by atoms with Crippen molar-refractivity contribution < 1.29 is 19.4 Å². The fraction of sp³-hybridized carbons (Fsp3) is 0.524. The number of aliphatic hydroxyl groups is 1. The number of ether oxygens (including phenoxy) is 1. The van der Waals surface area contributed by atoms with E-state index >= 15 is 0 Å². The molecule has 6 heteroatoms. The van der Waals surface area contributed by atoms with Crippen LogP contribution in [0.3, 0.4) is 0 Å². The molecule has 148 valence electrons. The molecule has 0 spiro atoms. The normalized spacial score (nSPS) is 20.9. The molecule has 0 amide bonds. The van der Waals surface area contributed by atoms with E-state index in [-0.39, 0.29) is 17.1 Å². The summed E-state index contributed by atoms with van der Waals surface area (Å²) in [7, 11) is 1.40. The van der Waals surface area contributed by atoms with Crippen molar-refractivity contribution in [3.05, 3.63) is 48.0 Å². The maximum absolute atomic E-state index is 12.2. The first-order valence-corrected chi connectivity index (χ1v) is 11.5. The molecule has 1 fully saturated rings. The Hall–Kier alpha value is -1.24. The number of esters is 1. The summed E-state index contributed by atoms with van der Waals surface area (Å²) in [6, 6.07) is 9.92. The van der Waals surface area contributed by atoms with Gasteiger partial charge in [-0.05, 0) is 35.8 Å². The Morgan fingerprint density at radius 1 is 1.33 bits per heavy atom. The molecule has 0 radical (unpaired) electrons. The minimum atomic E-state index is -0.525. The van der Waals surface area contributed by atoms with Crippen molar-refractivity contribution in [3.8, 4) is 0 Å². The summed E-state index contributed by atoms with van der Waals surface area (Å²) in [5, 5.41) is 10.2. The van der Waals surface area contributed by atoms with Crippen LogP contribution in [0, 0.1) is 5.92 Å². The molecule has 0 aliphatic heterocycles. The van der Waals surface area contributed by atoms with E-state index in [1.807, 2.05) is 42.5 Å². The molecule has 3 atom stereocenters. The molecule has 4 nitrogen and oxygen atoms in total. The van der Waals surface area contributed by atoms with Crippen molar-refractivity contribution in [1.29, 1.82) is 0 Å². The Labute approximate surface area is 170 Å². The highest BCUT2D eigenvalue weighted by atomic mass is 32.2. The summed E-state index contributed by atoms with van der Waals surface area (Å²) >= 11 is 3.27. The second-order valence-electron chi connectivity index (χ2n) is 6.58. The fourth-order valence-corrected chi connectivity index (χ4v) is 5.34. The molecule has 1 aliphatic carbocycles. The summed E-state index contributed by atoms with van der Waals surface area (Å²) in [6.45, 7) is 0. The minimum absolute atomic E-state index is 0.00391. The fourth-order valence-electron chi connectivity index (χ4n) is 3.04. The number of methoxy groups -OCH3 is 1. The Balaban J connectivity index is 1.72. The third-order valence-electron chi connectivity index (χ3n) is 4.48. The van der Waals surface area contributed by atoms with Gasteiger partial charge in [-0.1, -0.05) is 42.5 Å². The summed E-state index contributed by atoms with van der Waals surface area (Å²) < 4.78 is 4.61. The third kappa shape index (κ3) is 8.11. The van der Waals surface area contributed by atoms with Crippen LogP contribution in [-0.2, 0) is 20.7 Å². The lowest BCUT2D eigenvalue weighted by molar-refractivity contribution is -0.137. The standard InChI is InChI=1S/C21H28O4S2/c1-25-20(24)15-26-12-5-13-27-21-17(9-11-19(21)23)8-10-18(22)14-16-6-3-2-4-7-16/h2-4,6-8,10,17-18,21-22H,5,9,11-15H2,1H3/t17-,18?,21-/m1/s1. The lowest BCUT2D eigenvalue weighted by Gasteiger charge is -2.15. The van der Waals surface area contributed by atoms with Crippen LogP contribution in [0.15, 0.2) is 42.5 Å². The quantitative estimate of drug-likeness (QED) is 0.343. The van der Waals surface area contributed by atoms with Crippen molar-refractivity contribution in [2.24, 2.45) is 5.92 Å². The van der Waals surface area contributed by atoms with Crippen LogP contribution in [0.1, 0.15) is 24.8 Å². The van der Waals surface area contributed by atoms with Gasteiger partial charge in [0.1, 0.15) is 5.78 Å². The maximum Gasteiger partial charge on any atom is 0.315 e. The Bertz CT molecular complexity index is 618. The van der Waals surface area contributed by atoms with E-state index < -0.39 is 6.10 Å². The molecule has 1 aromatic carbocycles. The molecule has 1 saturated carbocycles. The number of thioether (sulfide) groups is 2. The molecule has 0 heterocycles. The highest BCUT2D eigenvalue weighted by Crippen LogP contribution is 2.34. The number of carbonyl (C=O) groups excluding carboxylic acids is 2. The van der Waals surface area contributed by atoms with E-state index in [1.54, 1.807) is 23.5 Å². The predicted molar refractivity (Wildman–Crippen MR) is 113 cm³/mol. The van der Waals surface area contributed by atoms with Gasteiger partial charge in [0.05, 0.1) is 24.2 Å². The van der Waals surface area contributed by atoms with Gasteiger partial charge in [0.2, 0.25) is 0 Å². The lowest BCUT2D eigenvalue weighted by Crippen LogP contribution is -2.17. The Morgan fingerprint density at radius 2 is 2.11 bits per heavy atom. The number of allylic oxidation sites excluding steroid dienone is 1. The van der Waals surface area contributed by atoms with E-state index in [9.17, 15) is 14.7 Å². The number of benzene rings is 1. The molecule has 0 aromatic heterocycles. The van der Waals surface area contributed by atoms with Gasteiger partial charge in [-0.25, -0.2) is 0 Å². The molecular formula is C21H28O4S2. The SMILES string of the molecule is COC(=O)CSCCCS[C@H]1C(=O)CC[C@H]1C=CC(O)Cc1ccccc1. The van der Waals surface area contributed by atoms with Gasteiger partial charge in [0.15, 0.2) is 0 Å². The van der Waals surface area contributed by atoms with Gasteiger partial charge in [0.25, 0.3) is 0 Å². The number of hydrogen-bond donors (Lipinski definition) is 1. The highest BCUT2D eigenvalue weighted by molar-refractivity contribution is 8.01. The summed E-state index contributed by atoms with van der Waals surface area (Å²) in [5.41, 5.74) is 1.10. The molecule has 1 aliphatic rings. The van der Waals surface area contributed by atoms with Crippen molar-refractivity contribution in [1.82, 2.24) is 0 Å². The summed E-state index contributed by atoms with van der Waals surface area (Å²) in [5.74, 6) is 2.50. The first-order valence-electron chi connectivity index (χ1n) is 9.29. The zero-order valence-corrected chi connectivity index (χ0v) is 17.3. The monoisotopic (exact) mass is 408 g/mol. The number of ketones is 1. The number of aliphatic hydroxyl groups excluding tert-OH is 1. The first-order chi connectivity index (χ1) is 13.1. The summed E-state index contributed by atoms with van der Waals surface area (Å²) in [6.07, 6.45) is 6.39. The topological polar surface area (TPSA) is 63.6 Å². The van der Waals surface area contributed by atoms with Gasteiger partial charge >= 0.3 is 5.97 Å². The highest BCUT2D eigenvalue weighted by Gasteiger charge is 2.33. The number of Topliss-reactive ketones (excluding diaryl/α,β-unsaturated/α-hetero) is 1. The van der Waals surface area contributed by atoms with E-state index in [4.69, 9.17) is 0 Å². The van der Waals surface area contributed by atoms with Crippen LogP contribution >= 0.6 is 23.5 Å². The molecule has 1 unspecified atom stereocenters. The zero-order chi connectivity index (χ0) is 19.5. The Kier molecular flexibility index (Phi) is 10.0. The Morgan fingerprint density at radius 3 is 2.85 bits per heavy atom. The van der Waals surface area contributed by atoms with Crippen LogP contribution < -0.4 is 0 Å². The molecule has 1 N–H and O–H groups in total. The van der Waals surface area contributed by atoms with Crippen molar-refractivity contribution in [2.75, 3.05) is 24.4 Å². The van der Waals surface area contributed by atoms with Gasteiger partial charge in [0, 0.05) is 12.8 Å². The van der Waals surface area contributed by atoms with Crippen LogP contribution in [0.25, 0.3) is 0 Å². The molecular weight excluding hydrogens is 380 g/mol. The number of rotatable bonds is 11. The second-order valence-corrected chi connectivity index (χ2v) is 8.94. The zero-order valence-electron chi connectivity index (χ0n) is 15.7. The van der Waals surface area contributed by atoms with E-state index in [1.165, 1.54) is 7.11 Å². The predicted octanol–water partition coefficient (Wildman–Crippen LogP) is 3.52. The van der Waals surface area contributed by atoms with Crippen LogP contribution in [0.2, 0.25) is 0 Å². The average molecular weight is 409 g/mol. The summed E-state index contributed by atoms with van der Waals surface area (Å²) in [4.78, 5) is 23.2. The van der Waals surface area contributed by atoms with Crippen molar-refractivity contribution in [2.45, 2.75) is 37.0 Å². The van der Waals surface area contributed by atoms with Gasteiger partial charge in [-0.2, -0.15) is 11.8 Å². The second kappa shape index (κ2) is 12.3. The van der Waals surface area contributed by atoms with Crippen LogP contribution in [0.4, 0.5) is 0 Å². The third-order valence-corrected chi connectivity index (χ3v) is 6.99. The molecule has 0 bridgehead atoms. The molecule has 1 aromatic rings. The lowest BCUT2D eigenvalue weighted by atomic mass is 10.0. The molecule has 2 rings (SSSR count). The number of hydrogen-bond acceptors (Lipinski definition) is 6. The minimum Gasteiger partial charge on any atom is -0.468 e. The van der Waals surface area contributed by atoms with Crippen LogP contribution in [-0.4, -0.2) is 52.6 Å². The molecule has 27 heavy (non-hydrogen) atoms. The van der Waals surface area contributed by atoms with E-state index in [0.717, 1.165) is 29.9 Å². The first kappa shape index (κ1) is 22.1. The largest absolute Gasteiger partial charge is 0.468 e. The van der Waals surface area contributed by atoms with E-state index in [2.05, 4.69) is 4.74 Å². The van der Waals surface area contributed by atoms with Crippen molar-refractivity contribution >= 4 is 35.3 Å². The van der Waals surface area contributed by atoms with Crippen LogP contribution in [0.5, 0.6) is 0 Å². The van der Waals surface area contributed by atoms with Gasteiger partial charge < -0.3 is 9.84 Å². The smallest absolute Gasteiger partial charge is 0.315 e. The van der Waals surface area contributed by atoms with Crippen molar-refractivity contribution in [3.63, 3.8) is 0 Å². The van der Waals surface area contributed by atoms with Gasteiger partial charge in [-0.15, -0.1) is 11.8 Å².